The lowest BCUT2D eigenvalue weighted by Crippen LogP contribution is -2.42. The van der Waals surface area contributed by atoms with Gasteiger partial charge in [0.2, 0.25) is 0 Å². The molecule has 0 spiro atoms. The Morgan fingerprint density at radius 2 is 1.95 bits per heavy atom. The standard InChI is InChI=1S/C16H18Cl2O4/c17-10-16(18,15(21)11-4-2-1-3-5-11)12-6-7-13(8-12)22-9-14(19)20/h1-5,12-13H,6-10H2,(H,19,20). The maximum atomic E-state index is 12.7. The van der Waals surface area contributed by atoms with E-state index in [1.807, 2.05) is 6.07 Å². The van der Waals surface area contributed by atoms with Crippen molar-refractivity contribution in [3.8, 4) is 0 Å². The van der Waals surface area contributed by atoms with Crippen LogP contribution in [0, 0.1) is 5.92 Å². The summed E-state index contributed by atoms with van der Waals surface area (Å²) in [6, 6.07) is 8.84. The molecular weight excluding hydrogens is 327 g/mol. The Labute approximate surface area is 139 Å². The van der Waals surface area contributed by atoms with Crippen LogP contribution >= 0.6 is 23.2 Å². The van der Waals surface area contributed by atoms with Crippen molar-refractivity contribution in [3.05, 3.63) is 35.9 Å². The molecule has 22 heavy (non-hydrogen) atoms. The van der Waals surface area contributed by atoms with E-state index in [-0.39, 0.29) is 30.3 Å². The topological polar surface area (TPSA) is 63.6 Å². The predicted molar refractivity (Wildman–Crippen MR) is 84.8 cm³/mol. The molecule has 1 aliphatic rings. The van der Waals surface area contributed by atoms with E-state index in [1.54, 1.807) is 24.3 Å². The molecule has 3 unspecified atom stereocenters. The van der Waals surface area contributed by atoms with Crippen molar-refractivity contribution in [2.45, 2.75) is 30.2 Å². The van der Waals surface area contributed by atoms with Crippen molar-refractivity contribution in [2.24, 2.45) is 5.92 Å². The maximum absolute atomic E-state index is 12.7. The van der Waals surface area contributed by atoms with Gasteiger partial charge in [-0.25, -0.2) is 4.79 Å². The number of carboxylic acids is 1. The van der Waals surface area contributed by atoms with E-state index in [0.29, 0.717) is 24.8 Å². The summed E-state index contributed by atoms with van der Waals surface area (Å²) in [5, 5.41) is 8.66. The van der Waals surface area contributed by atoms with Gasteiger partial charge in [0, 0.05) is 11.4 Å². The minimum absolute atomic E-state index is 0.0125. The Bertz CT molecular complexity index is 534. The average Bonchev–Trinajstić information content (AvgIpc) is 3.01. The van der Waals surface area contributed by atoms with E-state index in [0.717, 1.165) is 0 Å². The number of carbonyl (C=O) groups excluding carboxylic acids is 1. The van der Waals surface area contributed by atoms with Crippen LogP contribution in [0.3, 0.4) is 0 Å². The molecule has 0 amide bonds. The monoisotopic (exact) mass is 344 g/mol. The number of rotatable bonds is 7. The van der Waals surface area contributed by atoms with Crippen LogP contribution in [0.4, 0.5) is 0 Å². The summed E-state index contributed by atoms with van der Waals surface area (Å²) >= 11 is 12.6. The van der Waals surface area contributed by atoms with Crippen molar-refractivity contribution in [2.75, 3.05) is 12.5 Å². The van der Waals surface area contributed by atoms with Crippen molar-refractivity contribution in [1.82, 2.24) is 0 Å². The number of ketones is 1. The number of ether oxygens (including phenoxy) is 1. The van der Waals surface area contributed by atoms with Crippen molar-refractivity contribution < 1.29 is 19.4 Å². The maximum Gasteiger partial charge on any atom is 0.329 e. The highest BCUT2D eigenvalue weighted by Gasteiger charge is 2.47. The summed E-state index contributed by atoms with van der Waals surface area (Å²) < 4.78 is 5.31. The molecule has 0 radical (unpaired) electrons. The number of Topliss-reactive ketones (excluding diaryl/α,β-unsaturated/α-hetero) is 1. The first kappa shape index (κ1) is 17.3. The number of alkyl halides is 2. The summed E-state index contributed by atoms with van der Waals surface area (Å²) in [6.07, 6.45) is 1.73. The summed E-state index contributed by atoms with van der Waals surface area (Å²) in [7, 11) is 0. The highest BCUT2D eigenvalue weighted by Crippen LogP contribution is 2.42. The predicted octanol–water partition coefficient (Wildman–Crippen LogP) is 3.36. The van der Waals surface area contributed by atoms with Gasteiger partial charge in [-0.2, -0.15) is 0 Å². The van der Waals surface area contributed by atoms with Crippen LogP contribution in [-0.2, 0) is 9.53 Å². The highest BCUT2D eigenvalue weighted by molar-refractivity contribution is 6.42. The fourth-order valence-electron chi connectivity index (χ4n) is 2.88. The van der Waals surface area contributed by atoms with Gasteiger partial charge in [0.25, 0.3) is 0 Å². The second-order valence-corrected chi connectivity index (χ2v) is 6.47. The van der Waals surface area contributed by atoms with Gasteiger partial charge in [-0.15, -0.1) is 23.2 Å². The molecule has 1 saturated carbocycles. The van der Waals surface area contributed by atoms with Gasteiger partial charge in [-0.1, -0.05) is 30.3 Å². The van der Waals surface area contributed by atoms with Gasteiger partial charge in [0.05, 0.1) is 6.10 Å². The Morgan fingerprint density at radius 1 is 1.27 bits per heavy atom. The molecule has 1 N–H and O–H groups in total. The van der Waals surface area contributed by atoms with E-state index in [1.165, 1.54) is 0 Å². The summed E-state index contributed by atoms with van der Waals surface area (Å²) in [4.78, 5) is 22.1. The number of halogens is 2. The van der Waals surface area contributed by atoms with Crippen molar-refractivity contribution >= 4 is 35.0 Å². The summed E-state index contributed by atoms with van der Waals surface area (Å²) in [5.74, 6) is -1.30. The molecule has 2 rings (SSSR count). The second kappa shape index (κ2) is 7.44. The number of hydrogen-bond donors (Lipinski definition) is 1. The van der Waals surface area contributed by atoms with Gasteiger partial charge in [0.1, 0.15) is 11.5 Å². The largest absolute Gasteiger partial charge is 0.480 e. The molecule has 0 aliphatic heterocycles. The molecule has 4 nitrogen and oxygen atoms in total. The van der Waals surface area contributed by atoms with Gasteiger partial charge in [-0.05, 0) is 25.2 Å². The first-order valence-corrected chi connectivity index (χ1v) is 8.06. The number of benzene rings is 1. The smallest absolute Gasteiger partial charge is 0.329 e. The van der Waals surface area contributed by atoms with E-state index < -0.39 is 10.8 Å². The molecule has 0 aromatic heterocycles. The van der Waals surface area contributed by atoms with Crippen LogP contribution in [0.5, 0.6) is 0 Å². The van der Waals surface area contributed by atoms with E-state index in [4.69, 9.17) is 33.0 Å². The molecular formula is C16H18Cl2O4. The minimum atomic E-state index is -1.18. The third-order valence-electron chi connectivity index (χ3n) is 4.08. The van der Waals surface area contributed by atoms with E-state index in [2.05, 4.69) is 0 Å². The average molecular weight is 345 g/mol. The zero-order valence-corrected chi connectivity index (χ0v) is 13.5. The lowest BCUT2D eigenvalue weighted by molar-refractivity contribution is -0.144. The molecule has 1 aliphatic carbocycles. The van der Waals surface area contributed by atoms with Crippen molar-refractivity contribution in [1.29, 1.82) is 0 Å². The number of carbonyl (C=O) groups is 2. The normalized spacial score (nSPS) is 23.9. The Morgan fingerprint density at radius 3 is 2.55 bits per heavy atom. The van der Waals surface area contributed by atoms with Gasteiger partial charge in [0.15, 0.2) is 5.78 Å². The van der Waals surface area contributed by atoms with E-state index in [9.17, 15) is 9.59 Å². The van der Waals surface area contributed by atoms with Gasteiger partial charge >= 0.3 is 5.97 Å². The zero-order chi connectivity index (χ0) is 16.2. The molecule has 0 saturated heterocycles. The molecule has 1 aromatic rings. The lowest BCUT2D eigenvalue weighted by Gasteiger charge is -2.30. The first-order chi connectivity index (χ1) is 10.5. The molecule has 1 fully saturated rings. The van der Waals surface area contributed by atoms with E-state index >= 15 is 0 Å². The number of hydrogen-bond acceptors (Lipinski definition) is 3. The van der Waals surface area contributed by atoms with Crippen molar-refractivity contribution in [3.63, 3.8) is 0 Å². The molecule has 1 aromatic carbocycles. The number of aliphatic carboxylic acids is 1. The van der Waals surface area contributed by atoms with Crippen LogP contribution in [0.2, 0.25) is 0 Å². The molecule has 0 heterocycles. The van der Waals surface area contributed by atoms with Crippen LogP contribution in [-0.4, -0.2) is 40.3 Å². The van der Waals surface area contributed by atoms with Gasteiger partial charge in [-0.3, -0.25) is 4.79 Å². The zero-order valence-electron chi connectivity index (χ0n) is 12.0. The minimum Gasteiger partial charge on any atom is -0.480 e. The SMILES string of the molecule is O=C(O)COC1CCC(C(Cl)(CCl)C(=O)c2ccccc2)C1. The Hall–Kier alpha value is -1.10. The quantitative estimate of drug-likeness (QED) is 0.608. The van der Waals surface area contributed by atoms with Crippen LogP contribution in [0.15, 0.2) is 30.3 Å². The third kappa shape index (κ3) is 3.80. The fourth-order valence-corrected chi connectivity index (χ4v) is 3.53. The van der Waals surface area contributed by atoms with Crippen LogP contribution in [0.1, 0.15) is 29.6 Å². The van der Waals surface area contributed by atoms with Crippen LogP contribution < -0.4 is 0 Å². The fraction of sp³-hybridized carbons (Fsp3) is 0.500. The number of carboxylic acid groups (broad SMARTS) is 1. The highest BCUT2D eigenvalue weighted by atomic mass is 35.5. The van der Waals surface area contributed by atoms with Crippen LogP contribution in [0.25, 0.3) is 0 Å². The summed E-state index contributed by atoms with van der Waals surface area (Å²) in [6.45, 7) is -0.333. The molecule has 6 heteroatoms. The lowest BCUT2D eigenvalue weighted by atomic mass is 9.85. The Kier molecular flexibility index (Phi) is 5.84. The Balaban J connectivity index is 2.07. The molecule has 120 valence electrons. The third-order valence-corrected chi connectivity index (χ3v) is 5.25. The molecule has 3 atom stereocenters. The second-order valence-electron chi connectivity index (χ2n) is 5.53. The van der Waals surface area contributed by atoms with Gasteiger partial charge < -0.3 is 9.84 Å². The summed E-state index contributed by atoms with van der Waals surface area (Å²) in [5.41, 5.74) is 0.535. The first-order valence-electron chi connectivity index (χ1n) is 7.15. The molecule has 0 bridgehead atoms.